The molecule has 2 heterocycles. The largest absolute Gasteiger partial charge is 0.492 e. The number of benzene rings is 2. The highest BCUT2D eigenvalue weighted by Crippen LogP contribution is 2.53. The molecule has 172 valence electrons. The van der Waals surface area contributed by atoms with Crippen molar-refractivity contribution in [3.05, 3.63) is 42.1 Å². The van der Waals surface area contributed by atoms with E-state index in [-0.39, 0.29) is 12.4 Å². The third-order valence-electron chi connectivity index (χ3n) is 4.92. The van der Waals surface area contributed by atoms with Gasteiger partial charge < -0.3 is 28.1 Å². The second-order valence-electron chi connectivity index (χ2n) is 6.72. The van der Waals surface area contributed by atoms with E-state index in [1.54, 1.807) is 10.9 Å². The lowest BCUT2D eigenvalue weighted by atomic mass is 10.1. The van der Waals surface area contributed by atoms with Gasteiger partial charge in [0.1, 0.15) is 0 Å². The van der Waals surface area contributed by atoms with Gasteiger partial charge in [-0.2, -0.15) is 0 Å². The highest BCUT2D eigenvalue weighted by atomic mass is 16.6. The van der Waals surface area contributed by atoms with Crippen molar-refractivity contribution in [1.29, 1.82) is 0 Å². The summed E-state index contributed by atoms with van der Waals surface area (Å²) < 4.78 is 35.2. The minimum absolute atomic E-state index is 0.232. The maximum Gasteiger partial charge on any atom is 0.270 e. The van der Waals surface area contributed by atoms with Gasteiger partial charge in [0.25, 0.3) is 5.89 Å². The van der Waals surface area contributed by atoms with E-state index in [1.165, 1.54) is 35.5 Å². The number of hydrogen-bond donors (Lipinski definition) is 0. The Kier molecular flexibility index (Phi) is 6.29. The zero-order valence-corrected chi connectivity index (χ0v) is 18.9. The number of rotatable bonds is 9. The Balaban J connectivity index is 1.70. The summed E-state index contributed by atoms with van der Waals surface area (Å²) in [7, 11) is 7.61. The Bertz CT molecular complexity index is 1200. The van der Waals surface area contributed by atoms with Gasteiger partial charge in [0.2, 0.25) is 23.1 Å². The van der Waals surface area contributed by atoms with Gasteiger partial charge in [0.05, 0.1) is 53.9 Å². The average molecular weight is 453 g/mol. The summed E-state index contributed by atoms with van der Waals surface area (Å²) in [6.07, 6.45) is 1.68. The lowest BCUT2D eigenvalue weighted by Crippen LogP contribution is -2.09. The van der Waals surface area contributed by atoms with Crippen molar-refractivity contribution in [1.82, 2.24) is 25.2 Å². The first-order chi connectivity index (χ1) is 16.1. The van der Waals surface area contributed by atoms with E-state index in [2.05, 4.69) is 20.5 Å². The molecular formula is C22H23N5O6. The van der Waals surface area contributed by atoms with Crippen LogP contribution in [0.3, 0.4) is 0 Å². The summed E-state index contributed by atoms with van der Waals surface area (Å²) in [5.41, 5.74) is 1.87. The summed E-state index contributed by atoms with van der Waals surface area (Å²) in [4.78, 5) is 0. The predicted molar refractivity (Wildman–Crippen MR) is 117 cm³/mol. The molecule has 4 rings (SSSR count). The van der Waals surface area contributed by atoms with Gasteiger partial charge in [-0.05, 0) is 12.1 Å². The minimum Gasteiger partial charge on any atom is -0.492 e. The third-order valence-corrected chi connectivity index (χ3v) is 4.92. The van der Waals surface area contributed by atoms with Crippen LogP contribution in [-0.4, -0.2) is 60.7 Å². The van der Waals surface area contributed by atoms with Gasteiger partial charge in [0.15, 0.2) is 17.2 Å². The molecule has 11 heteroatoms. The maximum atomic E-state index is 5.77. The van der Waals surface area contributed by atoms with Crippen LogP contribution >= 0.6 is 0 Å². The van der Waals surface area contributed by atoms with E-state index in [4.69, 9.17) is 28.1 Å². The molecule has 4 aromatic rings. The van der Waals surface area contributed by atoms with Crippen LogP contribution in [0.25, 0.3) is 23.0 Å². The fraction of sp³-hybridized carbons (Fsp3) is 0.273. The van der Waals surface area contributed by atoms with Gasteiger partial charge in [-0.3, -0.25) is 0 Å². The van der Waals surface area contributed by atoms with Crippen molar-refractivity contribution in [2.24, 2.45) is 0 Å². The lowest BCUT2D eigenvalue weighted by molar-refractivity contribution is 0.286. The number of methoxy groups -OCH3 is 5. The molecule has 2 aromatic carbocycles. The summed E-state index contributed by atoms with van der Waals surface area (Å²) in [5, 5.41) is 16.5. The number of hydrogen-bond acceptors (Lipinski definition) is 10. The molecule has 0 aliphatic rings. The molecule has 0 bridgehead atoms. The first-order valence-corrected chi connectivity index (χ1v) is 9.87. The average Bonchev–Trinajstić information content (AvgIpc) is 3.53. The van der Waals surface area contributed by atoms with Crippen LogP contribution < -0.4 is 23.7 Å². The first-order valence-electron chi connectivity index (χ1n) is 9.87. The molecule has 0 saturated heterocycles. The molecule has 0 N–H and O–H groups in total. The molecule has 0 spiro atoms. The van der Waals surface area contributed by atoms with Crippen molar-refractivity contribution in [3.63, 3.8) is 0 Å². The topological polar surface area (TPSA) is 116 Å². The van der Waals surface area contributed by atoms with Crippen LogP contribution in [0.2, 0.25) is 0 Å². The van der Waals surface area contributed by atoms with Crippen LogP contribution in [0, 0.1) is 0 Å². The van der Waals surface area contributed by atoms with Crippen LogP contribution in [0.4, 0.5) is 0 Å². The summed E-state index contributed by atoms with van der Waals surface area (Å²) in [5.74, 6) is 2.60. The van der Waals surface area contributed by atoms with Crippen molar-refractivity contribution in [3.8, 4) is 51.8 Å². The molecule has 33 heavy (non-hydrogen) atoms. The maximum absolute atomic E-state index is 5.77. The molecule has 0 radical (unpaired) electrons. The Morgan fingerprint density at radius 3 is 1.82 bits per heavy atom. The van der Waals surface area contributed by atoms with Gasteiger partial charge in [-0.25, -0.2) is 4.68 Å². The molecular weight excluding hydrogens is 430 g/mol. The molecule has 0 aliphatic heterocycles. The van der Waals surface area contributed by atoms with Crippen molar-refractivity contribution >= 4 is 0 Å². The van der Waals surface area contributed by atoms with E-state index < -0.39 is 0 Å². The predicted octanol–water partition coefficient (Wildman–Crippen LogP) is 3.09. The highest BCUT2D eigenvalue weighted by Gasteiger charge is 2.29. The van der Waals surface area contributed by atoms with Crippen molar-refractivity contribution in [2.75, 3.05) is 35.5 Å². The Morgan fingerprint density at radius 1 is 0.697 bits per heavy atom. The van der Waals surface area contributed by atoms with Crippen LogP contribution in [0.1, 0.15) is 5.56 Å². The Hall–Kier alpha value is -4.28. The van der Waals surface area contributed by atoms with Crippen molar-refractivity contribution in [2.45, 2.75) is 6.54 Å². The summed E-state index contributed by atoms with van der Waals surface area (Å²) >= 11 is 0. The van der Waals surface area contributed by atoms with Crippen LogP contribution in [-0.2, 0) is 6.54 Å². The molecule has 0 saturated carbocycles. The normalized spacial score (nSPS) is 10.7. The highest BCUT2D eigenvalue weighted by molar-refractivity contribution is 5.70. The first kappa shape index (κ1) is 21.9. The lowest BCUT2D eigenvalue weighted by Gasteiger charge is -2.21. The fourth-order valence-corrected chi connectivity index (χ4v) is 3.48. The SMILES string of the molecule is COc1c(Cn2cc(-c3nnc(-c4ccccc4)o3)nn2)c(OC)c(OC)c(OC)c1OC. The molecule has 0 amide bonds. The standard InChI is InChI=1S/C22H23N5O6/c1-28-16-14(17(29-2)19(31-4)20(32-5)18(16)30-3)11-27-12-15(23-26-27)22-25-24-21(33-22)13-9-7-6-8-10-13/h6-10,12H,11H2,1-5H3. The summed E-state index contributed by atoms with van der Waals surface area (Å²) in [6, 6.07) is 9.48. The van der Waals surface area contributed by atoms with E-state index in [9.17, 15) is 0 Å². The third kappa shape index (κ3) is 4.00. The fourth-order valence-electron chi connectivity index (χ4n) is 3.48. The molecule has 0 fully saturated rings. The zero-order valence-electron chi connectivity index (χ0n) is 18.9. The molecule has 2 aromatic heterocycles. The van der Waals surface area contributed by atoms with Gasteiger partial charge in [0, 0.05) is 5.56 Å². The quantitative estimate of drug-likeness (QED) is 0.374. The number of nitrogens with zero attached hydrogens (tertiary/aromatic N) is 5. The van der Waals surface area contributed by atoms with Crippen molar-refractivity contribution < 1.29 is 28.1 Å². The number of aromatic nitrogens is 5. The van der Waals surface area contributed by atoms with Crippen LogP contribution in [0.15, 0.2) is 40.9 Å². The van der Waals surface area contributed by atoms with E-state index in [0.29, 0.717) is 45.9 Å². The second kappa shape index (κ2) is 9.47. The van der Waals surface area contributed by atoms with E-state index >= 15 is 0 Å². The zero-order chi connectivity index (χ0) is 23.4. The molecule has 11 nitrogen and oxygen atoms in total. The van der Waals surface area contributed by atoms with Gasteiger partial charge in [-0.1, -0.05) is 23.4 Å². The monoisotopic (exact) mass is 453 g/mol. The number of ether oxygens (including phenoxy) is 5. The minimum atomic E-state index is 0.232. The van der Waals surface area contributed by atoms with E-state index in [0.717, 1.165) is 5.56 Å². The van der Waals surface area contributed by atoms with Gasteiger partial charge in [-0.15, -0.1) is 15.3 Å². The summed E-state index contributed by atoms with van der Waals surface area (Å²) in [6.45, 7) is 0.232. The Labute approximate surface area is 189 Å². The molecule has 0 unspecified atom stereocenters. The smallest absolute Gasteiger partial charge is 0.270 e. The van der Waals surface area contributed by atoms with E-state index in [1.807, 2.05) is 30.3 Å². The second-order valence-corrected chi connectivity index (χ2v) is 6.72. The molecule has 0 aliphatic carbocycles. The van der Waals surface area contributed by atoms with Gasteiger partial charge >= 0.3 is 0 Å². The molecule has 0 atom stereocenters. The Morgan fingerprint density at radius 2 is 1.24 bits per heavy atom. The van der Waals surface area contributed by atoms with Crippen LogP contribution in [0.5, 0.6) is 28.7 Å².